The van der Waals surface area contributed by atoms with Gasteiger partial charge in [0.1, 0.15) is 0 Å². The summed E-state index contributed by atoms with van der Waals surface area (Å²) < 4.78 is 92.6. The third kappa shape index (κ3) is 4.85. The zero-order valence-corrected chi connectivity index (χ0v) is 21.2. The standard InChI is InChI=1S/C25H32F6N2OS/c1-5-21(4,19-10-9-18(3)32-16-19)33-14-13-22(17-33,12-11-20-8-7-15-35-20)23(34-6-2,24(26,27)28)25(29,30)31/h7-10,15-16H,5-6,11-14,17H2,1-4H3. The highest BCUT2D eigenvalue weighted by molar-refractivity contribution is 7.09. The van der Waals surface area contributed by atoms with Crippen LogP contribution in [0.5, 0.6) is 0 Å². The van der Waals surface area contributed by atoms with Crippen LogP contribution in [0, 0.1) is 12.3 Å². The number of thiophene rings is 1. The Kier molecular flexibility index (Phi) is 7.99. The number of pyridine rings is 1. The van der Waals surface area contributed by atoms with Crippen molar-refractivity contribution in [1.29, 1.82) is 0 Å². The van der Waals surface area contributed by atoms with Crippen LogP contribution in [0.3, 0.4) is 0 Å². The van der Waals surface area contributed by atoms with Crippen LogP contribution >= 0.6 is 11.3 Å². The third-order valence-corrected chi connectivity index (χ3v) is 8.55. The number of aryl methyl sites for hydroxylation is 2. The van der Waals surface area contributed by atoms with Crippen molar-refractivity contribution in [2.75, 3.05) is 19.7 Å². The predicted octanol–water partition coefficient (Wildman–Crippen LogP) is 7.30. The Labute approximate surface area is 206 Å². The van der Waals surface area contributed by atoms with E-state index in [1.807, 2.05) is 26.8 Å². The van der Waals surface area contributed by atoms with Crippen molar-refractivity contribution in [2.24, 2.45) is 5.41 Å². The topological polar surface area (TPSA) is 25.4 Å². The van der Waals surface area contributed by atoms with Crippen molar-refractivity contribution < 1.29 is 31.1 Å². The van der Waals surface area contributed by atoms with Gasteiger partial charge < -0.3 is 4.74 Å². The van der Waals surface area contributed by atoms with Crippen LogP contribution in [-0.4, -0.2) is 47.5 Å². The van der Waals surface area contributed by atoms with Crippen molar-refractivity contribution in [3.8, 4) is 0 Å². The molecule has 2 aromatic heterocycles. The number of likely N-dealkylation sites (tertiary alicyclic amines) is 1. The number of hydrogen-bond donors (Lipinski definition) is 0. The second kappa shape index (κ2) is 10.0. The van der Waals surface area contributed by atoms with E-state index in [-0.39, 0.29) is 25.8 Å². The summed E-state index contributed by atoms with van der Waals surface area (Å²) in [6, 6.07) is 7.14. The maximum atomic E-state index is 14.6. The molecule has 1 fully saturated rings. The van der Waals surface area contributed by atoms with E-state index < -0.39 is 42.1 Å². The summed E-state index contributed by atoms with van der Waals surface area (Å²) in [6.07, 6.45) is -9.59. The molecule has 0 aliphatic carbocycles. The molecule has 2 atom stereocenters. The highest BCUT2D eigenvalue weighted by Gasteiger charge is 2.81. The minimum Gasteiger partial charge on any atom is -0.358 e. The Morgan fingerprint density at radius 2 is 1.77 bits per heavy atom. The van der Waals surface area contributed by atoms with Gasteiger partial charge in [-0.25, -0.2) is 0 Å². The molecule has 0 aromatic carbocycles. The van der Waals surface area contributed by atoms with E-state index in [2.05, 4.69) is 4.98 Å². The summed E-state index contributed by atoms with van der Waals surface area (Å²) >= 11 is 1.33. The largest absolute Gasteiger partial charge is 0.427 e. The smallest absolute Gasteiger partial charge is 0.358 e. The number of ether oxygens (including phenoxy) is 1. The van der Waals surface area contributed by atoms with Crippen molar-refractivity contribution in [3.05, 3.63) is 52.0 Å². The molecule has 3 nitrogen and oxygen atoms in total. The summed E-state index contributed by atoms with van der Waals surface area (Å²) in [6.45, 7) is 5.74. The molecule has 2 unspecified atom stereocenters. The van der Waals surface area contributed by atoms with Crippen molar-refractivity contribution in [2.45, 2.75) is 76.9 Å². The number of aromatic nitrogens is 1. The maximum absolute atomic E-state index is 14.6. The number of halogens is 6. The lowest BCUT2D eigenvalue weighted by atomic mass is 9.66. The maximum Gasteiger partial charge on any atom is 0.427 e. The van der Waals surface area contributed by atoms with Gasteiger partial charge in [0.15, 0.2) is 0 Å². The molecule has 0 bridgehead atoms. The molecule has 10 heteroatoms. The molecule has 1 aliphatic rings. The van der Waals surface area contributed by atoms with Gasteiger partial charge >= 0.3 is 12.4 Å². The summed E-state index contributed by atoms with van der Waals surface area (Å²) in [4.78, 5) is 6.83. The zero-order valence-electron chi connectivity index (χ0n) is 20.4. The highest BCUT2D eigenvalue weighted by Crippen LogP contribution is 2.61. The lowest BCUT2D eigenvalue weighted by Crippen LogP contribution is -2.69. The van der Waals surface area contributed by atoms with Gasteiger partial charge in [-0.3, -0.25) is 9.88 Å². The van der Waals surface area contributed by atoms with Crippen LogP contribution in [0.2, 0.25) is 0 Å². The minimum atomic E-state index is -5.64. The van der Waals surface area contributed by atoms with E-state index in [1.165, 1.54) is 18.3 Å². The van der Waals surface area contributed by atoms with E-state index in [9.17, 15) is 26.3 Å². The molecule has 2 aromatic rings. The van der Waals surface area contributed by atoms with Gasteiger partial charge in [-0.2, -0.15) is 26.3 Å². The van der Waals surface area contributed by atoms with Crippen LogP contribution in [0.1, 0.15) is 56.2 Å². The molecule has 0 radical (unpaired) electrons. The normalized spacial score (nSPS) is 21.9. The minimum absolute atomic E-state index is 0.0869. The fourth-order valence-electron chi connectivity index (χ4n) is 5.47. The molecule has 3 heterocycles. The summed E-state index contributed by atoms with van der Waals surface area (Å²) in [5, 5.41) is 1.77. The van der Waals surface area contributed by atoms with Gasteiger partial charge in [-0.05, 0) is 76.1 Å². The number of hydrogen-bond acceptors (Lipinski definition) is 4. The molecule has 35 heavy (non-hydrogen) atoms. The third-order valence-electron chi connectivity index (χ3n) is 7.61. The van der Waals surface area contributed by atoms with Gasteiger partial charge in [0.2, 0.25) is 0 Å². The Morgan fingerprint density at radius 3 is 2.26 bits per heavy atom. The Bertz CT molecular complexity index is 946. The van der Waals surface area contributed by atoms with E-state index in [0.29, 0.717) is 6.42 Å². The molecule has 0 N–H and O–H groups in total. The van der Waals surface area contributed by atoms with Crippen molar-refractivity contribution >= 4 is 11.3 Å². The Balaban J connectivity index is 2.13. The molecule has 0 spiro atoms. The fraction of sp³-hybridized carbons (Fsp3) is 0.640. The quantitative estimate of drug-likeness (QED) is 0.323. The van der Waals surface area contributed by atoms with E-state index in [1.54, 1.807) is 34.7 Å². The van der Waals surface area contributed by atoms with Crippen LogP contribution in [0.15, 0.2) is 35.8 Å². The molecule has 1 saturated heterocycles. The summed E-state index contributed by atoms with van der Waals surface area (Å²) in [5.41, 5.74) is -5.71. The number of nitrogens with zero attached hydrogens (tertiary/aromatic N) is 2. The first kappa shape index (κ1) is 27.9. The first-order chi connectivity index (χ1) is 16.3. The van der Waals surface area contributed by atoms with Gasteiger partial charge in [-0.15, -0.1) is 11.3 Å². The monoisotopic (exact) mass is 522 g/mol. The first-order valence-corrected chi connectivity index (χ1v) is 12.6. The van der Waals surface area contributed by atoms with Crippen LogP contribution in [0.25, 0.3) is 0 Å². The summed E-state index contributed by atoms with van der Waals surface area (Å²) in [7, 11) is 0. The van der Waals surface area contributed by atoms with Crippen molar-refractivity contribution in [1.82, 2.24) is 9.88 Å². The van der Waals surface area contributed by atoms with E-state index in [4.69, 9.17) is 4.74 Å². The first-order valence-electron chi connectivity index (χ1n) is 11.7. The molecule has 1 aliphatic heterocycles. The van der Waals surface area contributed by atoms with Gasteiger partial charge in [0, 0.05) is 40.9 Å². The second-order valence-electron chi connectivity index (χ2n) is 9.46. The molecule has 0 amide bonds. The van der Waals surface area contributed by atoms with Crippen LogP contribution in [-0.2, 0) is 16.7 Å². The van der Waals surface area contributed by atoms with Crippen LogP contribution < -0.4 is 0 Å². The second-order valence-corrected chi connectivity index (χ2v) is 10.5. The average Bonchev–Trinajstić information content (AvgIpc) is 3.45. The van der Waals surface area contributed by atoms with Gasteiger partial charge in [0.25, 0.3) is 5.60 Å². The molecule has 0 saturated carbocycles. The molecular formula is C25H32F6N2OS. The molecule has 3 rings (SSSR count). The SMILES string of the molecule is CCOC(C(F)(F)F)(C(F)(F)F)C1(CCc2cccs2)CCN(C(C)(CC)c2ccc(C)nc2)C1. The van der Waals surface area contributed by atoms with Gasteiger partial charge in [0.05, 0.1) is 0 Å². The molecular weight excluding hydrogens is 490 g/mol. The molecule has 196 valence electrons. The Hall–Kier alpha value is -1.65. The lowest BCUT2D eigenvalue weighted by molar-refractivity contribution is -0.415. The van der Waals surface area contributed by atoms with Gasteiger partial charge in [-0.1, -0.05) is 19.1 Å². The van der Waals surface area contributed by atoms with E-state index >= 15 is 0 Å². The van der Waals surface area contributed by atoms with Crippen LogP contribution in [0.4, 0.5) is 26.3 Å². The average molecular weight is 523 g/mol. The number of rotatable bonds is 9. The predicted molar refractivity (Wildman–Crippen MR) is 124 cm³/mol. The van der Waals surface area contributed by atoms with Crippen molar-refractivity contribution in [3.63, 3.8) is 0 Å². The lowest BCUT2D eigenvalue weighted by Gasteiger charge is -2.50. The zero-order chi connectivity index (χ0) is 26.1. The summed E-state index contributed by atoms with van der Waals surface area (Å²) in [5.74, 6) is 0. The van der Waals surface area contributed by atoms with E-state index in [0.717, 1.165) is 16.1 Å². The Morgan fingerprint density at radius 1 is 1.09 bits per heavy atom. The number of alkyl halides is 6. The fourth-order valence-corrected chi connectivity index (χ4v) is 6.18. The highest BCUT2D eigenvalue weighted by atomic mass is 32.1.